The van der Waals surface area contributed by atoms with Gasteiger partial charge in [-0.25, -0.2) is 0 Å². The minimum Gasteiger partial charge on any atom is -0.465 e. The maximum atomic E-state index is 11.4. The van der Waals surface area contributed by atoms with E-state index in [-0.39, 0.29) is 18.4 Å². The molecule has 0 aromatic rings. The van der Waals surface area contributed by atoms with E-state index in [1.54, 1.807) is 13.8 Å². The largest absolute Gasteiger partial charge is 0.465 e. The number of hydrogen-bond acceptors (Lipinski definition) is 3. The lowest BCUT2D eigenvalue weighted by Crippen LogP contribution is -2.46. The van der Waals surface area contributed by atoms with E-state index in [2.05, 4.69) is 6.92 Å². The summed E-state index contributed by atoms with van der Waals surface area (Å²) in [6.45, 7) is 6.11. The van der Waals surface area contributed by atoms with Gasteiger partial charge >= 0.3 is 5.97 Å². The highest BCUT2D eigenvalue weighted by atomic mass is 35.5. The Morgan fingerprint density at radius 2 is 1.87 bits per heavy atom. The van der Waals surface area contributed by atoms with Crippen molar-refractivity contribution in [1.29, 1.82) is 0 Å². The number of nitrogens with two attached hydrogens (primary N) is 1. The van der Waals surface area contributed by atoms with Gasteiger partial charge in [-0.1, -0.05) is 32.6 Å². The smallest absolute Gasteiger partial charge is 0.325 e. The summed E-state index contributed by atoms with van der Waals surface area (Å²) in [5.74, 6) is -0.281. The van der Waals surface area contributed by atoms with E-state index in [4.69, 9.17) is 10.5 Å². The Bertz CT molecular complexity index is 172. The fourth-order valence-electron chi connectivity index (χ4n) is 1.32. The molecule has 0 aromatic carbocycles. The van der Waals surface area contributed by atoms with Crippen molar-refractivity contribution in [2.45, 2.75) is 58.4 Å². The summed E-state index contributed by atoms with van der Waals surface area (Å²) >= 11 is 0. The van der Waals surface area contributed by atoms with E-state index in [1.807, 2.05) is 0 Å². The number of hydrogen-bond donors (Lipinski definition) is 1. The first-order valence-corrected chi connectivity index (χ1v) is 5.50. The van der Waals surface area contributed by atoms with E-state index in [9.17, 15) is 4.79 Å². The minimum atomic E-state index is -0.802. The molecule has 0 bridgehead atoms. The first kappa shape index (κ1) is 17.1. The Morgan fingerprint density at radius 1 is 1.27 bits per heavy atom. The van der Waals surface area contributed by atoms with E-state index in [1.165, 1.54) is 12.8 Å². The lowest BCUT2D eigenvalue weighted by atomic mass is 9.95. The second-order valence-electron chi connectivity index (χ2n) is 3.95. The van der Waals surface area contributed by atoms with Gasteiger partial charge in [0.25, 0.3) is 0 Å². The van der Waals surface area contributed by atoms with Crippen LogP contribution >= 0.6 is 12.4 Å². The highest BCUT2D eigenvalue weighted by molar-refractivity contribution is 5.85. The maximum Gasteiger partial charge on any atom is 0.325 e. The fraction of sp³-hybridized carbons (Fsp3) is 0.909. The molecule has 1 atom stereocenters. The van der Waals surface area contributed by atoms with Crippen molar-refractivity contribution in [2.75, 3.05) is 6.61 Å². The highest BCUT2D eigenvalue weighted by Gasteiger charge is 2.28. The van der Waals surface area contributed by atoms with Crippen molar-refractivity contribution < 1.29 is 9.53 Å². The monoisotopic (exact) mass is 237 g/mol. The normalized spacial score (nSPS) is 13.9. The minimum absolute atomic E-state index is 0. The quantitative estimate of drug-likeness (QED) is 0.547. The van der Waals surface area contributed by atoms with Crippen LogP contribution in [0.1, 0.15) is 52.9 Å². The van der Waals surface area contributed by atoms with E-state index >= 15 is 0 Å². The summed E-state index contributed by atoms with van der Waals surface area (Å²) in [6, 6.07) is 0. The molecule has 4 heteroatoms. The van der Waals surface area contributed by atoms with Gasteiger partial charge in [-0.2, -0.15) is 0 Å². The zero-order valence-electron chi connectivity index (χ0n) is 10.0. The van der Waals surface area contributed by atoms with Crippen molar-refractivity contribution in [3.05, 3.63) is 0 Å². The van der Waals surface area contributed by atoms with Crippen LogP contribution in [0.25, 0.3) is 0 Å². The molecule has 3 nitrogen and oxygen atoms in total. The summed E-state index contributed by atoms with van der Waals surface area (Å²) in [7, 11) is 0. The van der Waals surface area contributed by atoms with Gasteiger partial charge in [-0.05, 0) is 20.3 Å². The van der Waals surface area contributed by atoms with Crippen molar-refractivity contribution >= 4 is 18.4 Å². The second-order valence-corrected chi connectivity index (χ2v) is 3.95. The number of unbranched alkanes of at least 4 members (excludes halogenated alkanes) is 3. The van der Waals surface area contributed by atoms with Crippen molar-refractivity contribution in [1.82, 2.24) is 0 Å². The molecule has 0 aliphatic rings. The third kappa shape index (κ3) is 7.63. The van der Waals surface area contributed by atoms with Crippen molar-refractivity contribution in [3.8, 4) is 0 Å². The number of halogens is 1. The molecule has 0 radical (unpaired) electrons. The average molecular weight is 238 g/mol. The molecule has 15 heavy (non-hydrogen) atoms. The third-order valence-electron chi connectivity index (χ3n) is 2.29. The van der Waals surface area contributed by atoms with Crippen molar-refractivity contribution in [2.24, 2.45) is 5.73 Å². The number of carbonyl (C=O) groups excluding carboxylic acids is 1. The van der Waals surface area contributed by atoms with Crippen LogP contribution in [0.3, 0.4) is 0 Å². The molecule has 0 fully saturated rings. The lowest BCUT2D eigenvalue weighted by Gasteiger charge is -2.21. The third-order valence-corrected chi connectivity index (χ3v) is 2.29. The fourth-order valence-corrected chi connectivity index (χ4v) is 1.32. The topological polar surface area (TPSA) is 52.3 Å². The van der Waals surface area contributed by atoms with Crippen LogP contribution in [0.2, 0.25) is 0 Å². The van der Waals surface area contributed by atoms with Gasteiger partial charge in [0.2, 0.25) is 0 Å². The molecule has 2 N–H and O–H groups in total. The van der Waals surface area contributed by atoms with Gasteiger partial charge in [-0.15, -0.1) is 12.4 Å². The summed E-state index contributed by atoms with van der Waals surface area (Å²) in [6.07, 6.45) is 5.26. The molecule has 0 amide bonds. The molecule has 0 aliphatic heterocycles. The van der Waals surface area contributed by atoms with Crippen LogP contribution in [0.15, 0.2) is 0 Å². The molecule has 0 aromatic heterocycles. The van der Waals surface area contributed by atoms with Crippen LogP contribution in [0.5, 0.6) is 0 Å². The van der Waals surface area contributed by atoms with E-state index in [0.717, 1.165) is 12.8 Å². The van der Waals surface area contributed by atoms with Gasteiger partial charge in [0.05, 0.1) is 6.61 Å². The Morgan fingerprint density at radius 3 is 2.33 bits per heavy atom. The number of ether oxygens (including phenoxy) is 1. The Kier molecular flexibility index (Phi) is 10.3. The molecule has 1 unspecified atom stereocenters. The molecule has 0 heterocycles. The second kappa shape index (κ2) is 8.98. The van der Waals surface area contributed by atoms with E-state index < -0.39 is 5.54 Å². The van der Waals surface area contributed by atoms with Gasteiger partial charge in [-0.3, -0.25) is 4.79 Å². The molecular formula is C11H24ClNO2. The summed E-state index contributed by atoms with van der Waals surface area (Å²) in [4.78, 5) is 11.4. The molecule has 0 rings (SSSR count). The molecular weight excluding hydrogens is 214 g/mol. The standard InChI is InChI=1S/C11H23NO2.ClH/c1-4-6-7-8-9-11(3,12)10(13)14-5-2;/h4-9,12H2,1-3H3;1H. The number of carbonyl (C=O) groups is 1. The van der Waals surface area contributed by atoms with Crippen LogP contribution in [-0.2, 0) is 9.53 Å². The number of esters is 1. The molecule has 0 saturated heterocycles. The zero-order valence-corrected chi connectivity index (χ0v) is 10.9. The van der Waals surface area contributed by atoms with Crippen LogP contribution in [0, 0.1) is 0 Å². The zero-order chi connectivity index (χ0) is 11.0. The Hall–Kier alpha value is -0.280. The summed E-state index contributed by atoms with van der Waals surface area (Å²) in [5.41, 5.74) is 5.05. The van der Waals surface area contributed by atoms with E-state index in [0.29, 0.717) is 13.0 Å². The Balaban J connectivity index is 0. The van der Waals surface area contributed by atoms with Gasteiger partial charge in [0, 0.05) is 0 Å². The van der Waals surface area contributed by atoms with Crippen molar-refractivity contribution in [3.63, 3.8) is 0 Å². The highest BCUT2D eigenvalue weighted by Crippen LogP contribution is 2.14. The molecule has 92 valence electrons. The predicted molar refractivity (Wildman–Crippen MR) is 65.2 cm³/mol. The van der Waals surface area contributed by atoms with Crippen LogP contribution < -0.4 is 5.73 Å². The Labute approximate surface area is 99.2 Å². The first-order chi connectivity index (χ1) is 6.54. The predicted octanol–water partition coefficient (Wildman–Crippen LogP) is 2.66. The van der Waals surface area contributed by atoms with Gasteiger partial charge in [0.15, 0.2) is 0 Å². The lowest BCUT2D eigenvalue weighted by molar-refractivity contribution is -0.149. The molecule has 0 saturated carbocycles. The van der Waals surface area contributed by atoms with Crippen LogP contribution in [0.4, 0.5) is 0 Å². The maximum absolute atomic E-state index is 11.4. The molecule has 0 aliphatic carbocycles. The summed E-state index contributed by atoms with van der Waals surface area (Å²) < 4.78 is 4.90. The first-order valence-electron chi connectivity index (χ1n) is 5.50. The van der Waals surface area contributed by atoms with Crippen LogP contribution in [-0.4, -0.2) is 18.1 Å². The number of rotatable bonds is 7. The SMILES string of the molecule is CCCCCCC(C)(N)C(=O)OCC.Cl. The average Bonchev–Trinajstić information content (AvgIpc) is 2.13. The van der Waals surface area contributed by atoms with Gasteiger partial charge < -0.3 is 10.5 Å². The summed E-state index contributed by atoms with van der Waals surface area (Å²) in [5, 5.41) is 0. The molecule has 0 spiro atoms. The van der Waals surface area contributed by atoms with Gasteiger partial charge in [0.1, 0.15) is 5.54 Å².